The summed E-state index contributed by atoms with van der Waals surface area (Å²) in [5.74, 6) is -0.148. The minimum Gasteiger partial charge on any atom is -0.550 e. The molecule has 4 aromatic carbocycles. The largest absolute Gasteiger partial charge is 1.00 e. The molecule has 0 aliphatic carbocycles. The number of pyridine rings is 2. The number of hydrogen-bond donors (Lipinski definition) is 7. The van der Waals surface area contributed by atoms with Crippen LogP contribution >= 0.6 is 75.0 Å². The number of urea groups is 2. The predicted molar refractivity (Wildman–Crippen MR) is 370 cm³/mol. The summed E-state index contributed by atoms with van der Waals surface area (Å²) in [5.41, 5.74) is 5.20. The van der Waals surface area contributed by atoms with Crippen molar-refractivity contribution in [2.45, 2.75) is 98.1 Å². The Morgan fingerprint density at radius 1 is 0.653 bits per heavy atom. The zero-order valence-electron chi connectivity index (χ0n) is 52.1. The third-order valence-electron chi connectivity index (χ3n) is 14.7. The summed E-state index contributed by atoms with van der Waals surface area (Å²) in [7, 11) is 2.97. The number of amides is 7. The molecule has 8 aromatic rings. The second kappa shape index (κ2) is 40.7. The van der Waals surface area contributed by atoms with Crippen LogP contribution in [0.2, 0.25) is 10.0 Å². The zero-order valence-corrected chi connectivity index (χ0v) is 57.2. The maximum Gasteiger partial charge on any atom is 1.00 e. The van der Waals surface area contributed by atoms with Gasteiger partial charge in [0, 0.05) is 95.2 Å². The van der Waals surface area contributed by atoms with Gasteiger partial charge < -0.3 is 60.0 Å². The van der Waals surface area contributed by atoms with Crippen LogP contribution in [0.15, 0.2) is 109 Å². The minimum atomic E-state index is -1.31. The van der Waals surface area contributed by atoms with Gasteiger partial charge in [-0.3, -0.25) is 15.4 Å². The van der Waals surface area contributed by atoms with Gasteiger partial charge in [-0.2, -0.15) is 27.0 Å². The number of carboxylic acids is 1. The van der Waals surface area contributed by atoms with Crippen LogP contribution in [0.1, 0.15) is 78.7 Å². The number of likely N-dealkylation sites (N-methyl/N-ethyl adjacent to an activating group) is 2. The first-order valence-electron chi connectivity index (χ1n) is 28.5. The number of halogens is 6. The maximum absolute atomic E-state index is 13.9. The Morgan fingerprint density at radius 3 is 1.56 bits per heavy atom. The van der Waals surface area contributed by atoms with Crippen molar-refractivity contribution in [2.75, 3.05) is 51.0 Å². The Balaban J connectivity index is 0.000000540. The Hall–Kier alpha value is -7.58. The molecule has 95 heavy (non-hydrogen) atoms. The van der Waals surface area contributed by atoms with Crippen molar-refractivity contribution in [3.8, 4) is 0 Å². The number of carbonyl (C=O) groups excluding carboxylic acids is 6. The third kappa shape index (κ3) is 24.5. The van der Waals surface area contributed by atoms with Crippen LogP contribution < -0.4 is 50.6 Å². The molecule has 32 heteroatoms. The van der Waals surface area contributed by atoms with Crippen molar-refractivity contribution in [1.82, 2.24) is 60.6 Å². The molecule has 0 bridgehead atoms. The van der Waals surface area contributed by atoms with E-state index in [1.807, 2.05) is 62.4 Å². The molecule has 0 fully saturated rings. The van der Waals surface area contributed by atoms with Gasteiger partial charge in [0.05, 0.1) is 51.4 Å². The van der Waals surface area contributed by atoms with Crippen LogP contribution in [-0.4, -0.2) is 133 Å². The fourth-order valence-corrected chi connectivity index (χ4v) is 10.1. The van der Waals surface area contributed by atoms with E-state index in [-0.39, 0.29) is 152 Å². The fourth-order valence-electron chi connectivity index (χ4n) is 9.74. The van der Waals surface area contributed by atoms with Crippen LogP contribution in [0.4, 0.5) is 39.6 Å². The number of aromatic amines is 2. The second-order valence-electron chi connectivity index (χ2n) is 21.0. The van der Waals surface area contributed by atoms with Crippen molar-refractivity contribution in [2.24, 2.45) is 0 Å². The standard InChI is InChI=1S/C31H33ClFN7O4.C24H24ClFN4O5.C7H11N3.CH4.2ClH.Li.2H2S/c1-19-36-25-12-13-40(17-26(25)37-19)28(41)11-10-23(39(2)30(42)35-16-22-8-5-9-24(33)29(22)32)18-44-31(43)38-27-14-20-6-3-4-7-21(20)15-34-27;1-30(23(33)28-13-17-7-4-8-19(26)22(17)25)18(9-10-21(31)32)14-35-24(34)29-20-11-15-5-2-3-6-16(15)12-27-20;1-5-9-6-2-3-8-4-7(6)10-5;;;;;;/h3-9,14-15,23H,10-13,16-18H2,1-2H3,(H,35,42)(H,36,37)(H,34,38,43);2-8,11-12,18H,9-10,13-14H2,1H3,(H,28,33)(H,31,32)(H,27,29,34);8H,2-4H2,1H3,(H,9,10);1H4;2*1H;;2*1H2/q;;;;;;+1;;/p-1/t23-;18-;;;;;;;/m00......./s1. The van der Waals surface area contributed by atoms with Crippen LogP contribution in [0.3, 0.4) is 0 Å². The smallest absolute Gasteiger partial charge is 0.550 e. The van der Waals surface area contributed by atoms with E-state index in [4.69, 9.17) is 32.7 Å². The summed E-state index contributed by atoms with van der Waals surface area (Å²) in [6.45, 7) is 6.35. The molecular weight excluding hydrogens is 1350 g/mol. The average Bonchev–Trinajstić information content (AvgIpc) is 1.37. The number of carbonyl (C=O) groups is 6. The number of imidazole rings is 2. The number of nitrogens with one attached hydrogen (secondary N) is 7. The number of nitrogens with zero attached hydrogens (tertiary/aromatic N) is 7. The quantitative estimate of drug-likeness (QED) is 0.0408. The molecule has 2 aliphatic rings. The summed E-state index contributed by atoms with van der Waals surface area (Å²) in [6, 6.07) is 24.6. The number of aryl methyl sites for hydroxylation is 2. The molecule has 23 nitrogen and oxygen atoms in total. The summed E-state index contributed by atoms with van der Waals surface area (Å²) in [5, 5.41) is 28.1. The number of benzene rings is 4. The van der Waals surface area contributed by atoms with Crippen LogP contribution in [-0.2, 0) is 58.1 Å². The Labute approximate surface area is 597 Å². The number of hydrogen-bond acceptors (Lipinski definition) is 14. The summed E-state index contributed by atoms with van der Waals surface area (Å²) < 4.78 is 38.2. The molecular formula is C63H77Cl4F2LiN14O9S2. The molecule has 0 saturated carbocycles. The van der Waals surface area contributed by atoms with Crippen LogP contribution in [0, 0.1) is 25.5 Å². The molecule has 0 spiro atoms. The van der Waals surface area contributed by atoms with Crippen molar-refractivity contribution in [1.29, 1.82) is 0 Å². The van der Waals surface area contributed by atoms with Gasteiger partial charge in [-0.25, -0.2) is 47.9 Å². The minimum absolute atomic E-state index is 0. The topological polar surface area (TPSA) is 297 Å². The number of fused-ring (bicyclic) bond motifs is 4. The van der Waals surface area contributed by atoms with Gasteiger partial charge in [0.2, 0.25) is 5.91 Å². The molecule has 6 heterocycles. The first-order chi connectivity index (χ1) is 42.8. The van der Waals surface area contributed by atoms with E-state index in [0.29, 0.717) is 36.5 Å². The van der Waals surface area contributed by atoms with Gasteiger partial charge in [0.15, 0.2) is 0 Å². The number of ether oxygens (including phenoxy) is 2. The molecule has 10 rings (SSSR count). The average molecular weight is 1430 g/mol. The van der Waals surface area contributed by atoms with Gasteiger partial charge in [0.1, 0.15) is 48.1 Å². The van der Waals surface area contributed by atoms with Gasteiger partial charge >= 0.3 is 43.1 Å². The Kier molecular flexibility index (Phi) is 35.8. The summed E-state index contributed by atoms with van der Waals surface area (Å²) >= 11 is 11.9. The zero-order chi connectivity index (χ0) is 63.6. The Morgan fingerprint density at radius 2 is 1.09 bits per heavy atom. The molecule has 0 unspecified atom stereocenters. The van der Waals surface area contributed by atoms with Crippen molar-refractivity contribution < 1.29 is 71.0 Å². The molecule has 2 atom stereocenters. The number of aliphatic carboxylic acids is 1. The fraction of sp³-hybridized carbons (Fsp3) is 0.333. The van der Waals surface area contributed by atoms with Crippen molar-refractivity contribution in [3.05, 3.63) is 177 Å². The van der Waals surface area contributed by atoms with E-state index in [0.717, 1.165) is 64.1 Å². The van der Waals surface area contributed by atoms with Gasteiger partial charge in [-0.05, 0) is 79.3 Å². The Bertz CT molecular complexity index is 3820. The molecule has 0 radical (unpaired) electrons. The van der Waals surface area contributed by atoms with Crippen molar-refractivity contribution >= 4 is 144 Å². The number of carboxylic acid groups (broad SMARTS) is 1. The number of H-pyrrole nitrogens is 2. The molecule has 4 aromatic heterocycles. The molecule has 7 N–H and O–H groups in total. The van der Waals surface area contributed by atoms with Gasteiger partial charge in [0.25, 0.3) is 0 Å². The number of anilines is 2. The number of rotatable bonds is 18. The van der Waals surface area contributed by atoms with E-state index < -0.39 is 53.9 Å². The van der Waals surface area contributed by atoms with Crippen molar-refractivity contribution in [3.63, 3.8) is 0 Å². The molecule has 508 valence electrons. The van der Waals surface area contributed by atoms with Gasteiger partial charge in [-0.15, -0.1) is 24.8 Å². The normalized spacial score (nSPS) is 12.1. The SMILES string of the molecule is C.CN(C(=O)NCc1cccc(F)c1Cl)[C@@H](CCC(=O)[O-])COC(=O)Nc1cc2ccccc2cn1.Cc1nc2c([nH]1)CN(C(=O)CC[C@@H](COC(=O)Nc1cc3ccccc3cn1)N(C)C(=O)NCc1cccc(F)c1Cl)CC2.Cc1nc2c([nH]1)CNCC2.Cl.Cl.S.S.[Li+]. The predicted octanol–water partition coefficient (Wildman–Crippen LogP) is 7.57. The maximum atomic E-state index is 13.9. The van der Waals surface area contributed by atoms with E-state index >= 15 is 0 Å². The van der Waals surface area contributed by atoms with E-state index in [9.17, 15) is 42.7 Å². The number of aromatic nitrogens is 6. The van der Waals surface area contributed by atoms with Crippen LogP contribution in [0.25, 0.3) is 21.5 Å². The first kappa shape index (κ1) is 83.5. The van der Waals surface area contributed by atoms with E-state index in [1.165, 1.54) is 52.5 Å². The monoisotopic (exact) mass is 1420 g/mol. The first-order valence-corrected chi connectivity index (χ1v) is 29.2. The second-order valence-corrected chi connectivity index (χ2v) is 21.7. The molecule has 2 aliphatic heterocycles. The summed E-state index contributed by atoms with van der Waals surface area (Å²) in [6.07, 6.45) is 3.41. The molecule has 7 amide bonds. The molecule has 0 saturated heterocycles. The van der Waals surface area contributed by atoms with E-state index in [2.05, 4.69) is 56.5 Å². The van der Waals surface area contributed by atoms with Gasteiger partial charge in [-0.1, -0.05) is 103 Å². The third-order valence-corrected chi connectivity index (χ3v) is 15.5. The van der Waals surface area contributed by atoms with Crippen LogP contribution in [0.5, 0.6) is 0 Å². The summed E-state index contributed by atoms with van der Waals surface area (Å²) in [4.78, 5) is 103. The van der Waals surface area contributed by atoms with E-state index in [1.54, 1.807) is 48.6 Å².